The van der Waals surface area contributed by atoms with Crippen molar-refractivity contribution in [1.82, 2.24) is 19.9 Å². The maximum Gasteiger partial charge on any atom is 0.238 e. The lowest BCUT2D eigenvalue weighted by molar-refractivity contribution is -0.117. The number of rotatable bonds is 5. The molecule has 0 unspecified atom stereocenters. The third kappa shape index (κ3) is 4.17. The van der Waals surface area contributed by atoms with Crippen molar-refractivity contribution in [2.45, 2.75) is 0 Å². The molecule has 24 heavy (non-hydrogen) atoms. The molecule has 1 saturated heterocycles. The summed E-state index contributed by atoms with van der Waals surface area (Å²) in [6, 6.07) is 5.29. The molecule has 0 spiro atoms. The highest BCUT2D eigenvalue weighted by molar-refractivity contribution is 5.92. The number of nitrogens with one attached hydrogen (secondary N) is 1. The van der Waals surface area contributed by atoms with Crippen molar-refractivity contribution in [3.8, 4) is 5.88 Å². The smallest absolute Gasteiger partial charge is 0.238 e. The van der Waals surface area contributed by atoms with Crippen LogP contribution in [0.1, 0.15) is 0 Å². The topological polar surface area (TPSA) is 83.5 Å². The van der Waals surface area contributed by atoms with Crippen LogP contribution in [0.5, 0.6) is 5.88 Å². The monoisotopic (exact) mass is 328 g/mol. The molecule has 0 radical (unpaired) electrons. The Kier molecular flexibility index (Phi) is 5.17. The predicted molar refractivity (Wildman–Crippen MR) is 90.1 cm³/mol. The van der Waals surface area contributed by atoms with E-state index in [9.17, 15) is 4.79 Å². The Morgan fingerprint density at radius 3 is 2.54 bits per heavy atom. The van der Waals surface area contributed by atoms with Gasteiger partial charge >= 0.3 is 0 Å². The fraction of sp³-hybridized carbons (Fsp3) is 0.375. The number of nitrogens with zero attached hydrogens (tertiary/aromatic N) is 5. The molecule has 1 N–H and O–H groups in total. The average molecular weight is 328 g/mol. The second-order valence-corrected chi connectivity index (χ2v) is 5.45. The van der Waals surface area contributed by atoms with Gasteiger partial charge in [-0.1, -0.05) is 0 Å². The van der Waals surface area contributed by atoms with E-state index in [1.165, 1.54) is 0 Å². The third-order valence-electron chi connectivity index (χ3n) is 3.80. The fourth-order valence-corrected chi connectivity index (χ4v) is 2.54. The molecule has 0 aromatic carbocycles. The predicted octanol–water partition coefficient (Wildman–Crippen LogP) is 0.641. The van der Waals surface area contributed by atoms with Crippen LogP contribution in [0.15, 0.2) is 36.8 Å². The third-order valence-corrected chi connectivity index (χ3v) is 3.80. The molecule has 0 atom stereocenters. The second kappa shape index (κ2) is 7.69. The fourth-order valence-electron chi connectivity index (χ4n) is 2.54. The molecule has 1 aliphatic rings. The number of anilines is 2. The molecule has 3 rings (SSSR count). The zero-order chi connectivity index (χ0) is 16.8. The van der Waals surface area contributed by atoms with Gasteiger partial charge in [0.25, 0.3) is 0 Å². The molecular formula is C16H20N6O2. The Morgan fingerprint density at radius 2 is 1.92 bits per heavy atom. The largest absolute Gasteiger partial charge is 0.481 e. The van der Waals surface area contributed by atoms with Crippen LogP contribution in [0.3, 0.4) is 0 Å². The molecule has 0 bridgehead atoms. The molecule has 1 fully saturated rings. The second-order valence-electron chi connectivity index (χ2n) is 5.45. The Morgan fingerprint density at radius 1 is 1.17 bits per heavy atom. The van der Waals surface area contributed by atoms with E-state index in [-0.39, 0.29) is 5.91 Å². The van der Waals surface area contributed by atoms with Crippen molar-refractivity contribution in [3.63, 3.8) is 0 Å². The molecule has 1 aliphatic heterocycles. The van der Waals surface area contributed by atoms with E-state index in [4.69, 9.17) is 4.74 Å². The van der Waals surface area contributed by atoms with Crippen LogP contribution < -0.4 is 15.0 Å². The van der Waals surface area contributed by atoms with Crippen molar-refractivity contribution in [2.75, 3.05) is 50.1 Å². The van der Waals surface area contributed by atoms with Crippen molar-refractivity contribution < 1.29 is 9.53 Å². The number of amides is 1. The van der Waals surface area contributed by atoms with Gasteiger partial charge in [0.05, 0.1) is 25.5 Å². The summed E-state index contributed by atoms with van der Waals surface area (Å²) in [5.74, 6) is 1.21. The number of methoxy groups -OCH3 is 1. The summed E-state index contributed by atoms with van der Waals surface area (Å²) in [6.45, 7) is 3.57. The highest BCUT2D eigenvalue weighted by Gasteiger charge is 2.20. The minimum atomic E-state index is -0.0497. The number of hydrogen-bond donors (Lipinski definition) is 1. The summed E-state index contributed by atoms with van der Waals surface area (Å²) in [5, 5.41) is 2.85. The zero-order valence-electron chi connectivity index (χ0n) is 13.6. The minimum Gasteiger partial charge on any atom is -0.481 e. The lowest BCUT2D eigenvalue weighted by Gasteiger charge is -2.34. The van der Waals surface area contributed by atoms with E-state index < -0.39 is 0 Å². The lowest BCUT2D eigenvalue weighted by atomic mass is 10.3. The number of carbonyl (C=O) groups is 1. The Bertz CT molecular complexity index is 656. The first-order valence-corrected chi connectivity index (χ1v) is 7.79. The van der Waals surface area contributed by atoms with Gasteiger partial charge in [0, 0.05) is 44.6 Å². The average Bonchev–Trinajstić information content (AvgIpc) is 2.64. The number of ether oxygens (including phenoxy) is 1. The van der Waals surface area contributed by atoms with Gasteiger partial charge in [0.15, 0.2) is 0 Å². The molecule has 126 valence electrons. The molecule has 8 nitrogen and oxygen atoms in total. The van der Waals surface area contributed by atoms with Gasteiger partial charge in [-0.15, -0.1) is 0 Å². The zero-order valence-corrected chi connectivity index (χ0v) is 13.6. The summed E-state index contributed by atoms with van der Waals surface area (Å²) in [7, 11) is 1.56. The van der Waals surface area contributed by atoms with E-state index in [0.29, 0.717) is 18.1 Å². The van der Waals surface area contributed by atoms with Crippen molar-refractivity contribution in [3.05, 3.63) is 36.8 Å². The first-order chi connectivity index (χ1) is 11.7. The lowest BCUT2D eigenvalue weighted by Crippen LogP contribution is -2.49. The summed E-state index contributed by atoms with van der Waals surface area (Å²) in [5.41, 5.74) is 0.664. The number of pyridine rings is 1. The molecule has 2 aromatic rings. The van der Waals surface area contributed by atoms with Crippen LogP contribution in [-0.4, -0.2) is 65.6 Å². The first-order valence-electron chi connectivity index (χ1n) is 7.79. The molecular weight excluding hydrogens is 308 g/mol. The summed E-state index contributed by atoms with van der Waals surface area (Å²) in [6.07, 6.45) is 5.07. The first kappa shape index (κ1) is 16.1. The Hall–Kier alpha value is -2.74. The van der Waals surface area contributed by atoms with Gasteiger partial charge in [-0.25, -0.2) is 15.0 Å². The van der Waals surface area contributed by atoms with E-state index in [1.54, 1.807) is 43.9 Å². The van der Waals surface area contributed by atoms with Gasteiger partial charge in [-0.05, 0) is 12.1 Å². The van der Waals surface area contributed by atoms with Gasteiger partial charge in [-0.3, -0.25) is 9.69 Å². The minimum absolute atomic E-state index is 0.0497. The van der Waals surface area contributed by atoms with Crippen molar-refractivity contribution in [2.24, 2.45) is 0 Å². The van der Waals surface area contributed by atoms with E-state index in [1.807, 2.05) is 0 Å². The Balaban J connectivity index is 1.46. The van der Waals surface area contributed by atoms with Crippen LogP contribution in [0, 0.1) is 0 Å². The van der Waals surface area contributed by atoms with Gasteiger partial charge in [-0.2, -0.15) is 0 Å². The highest BCUT2D eigenvalue weighted by atomic mass is 16.5. The normalized spacial score (nSPS) is 15.1. The van der Waals surface area contributed by atoms with Crippen molar-refractivity contribution >= 4 is 17.5 Å². The number of piperazine rings is 1. The van der Waals surface area contributed by atoms with E-state index >= 15 is 0 Å². The molecule has 2 aromatic heterocycles. The number of aromatic nitrogens is 3. The molecule has 1 amide bonds. The number of carbonyl (C=O) groups excluding carboxylic acids is 1. The SMILES string of the molecule is COc1ccc(NC(=O)CN2CCN(c3ncccn3)CC2)cn1. The standard InChI is InChI=1S/C16H20N6O2/c1-24-15-4-3-13(11-19-15)20-14(23)12-21-7-9-22(10-8-21)16-17-5-2-6-18-16/h2-6,11H,7-10,12H2,1H3,(H,20,23). The maximum absolute atomic E-state index is 12.1. The van der Waals surface area contributed by atoms with E-state index in [2.05, 4.69) is 30.1 Å². The molecule has 3 heterocycles. The van der Waals surface area contributed by atoms with Crippen LogP contribution in [0.4, 0.5) is 11.6 Å². The maximum atomic E-state index is 12.1. The van der Waals surface area contributed by atoms with E-state index in [0.717, 1.165) is 32.1 Å². The van der Waals surface area contributed by atoms with Gasteiger partial charge in [0.1, 0.15) is 0 Å². The quantitative estimate of drug-likeness (QED) is 0.862. The molecule has 0 saturated carbocycles. The van der Waals surface area contributed by atoms with Gasteiger partial charge < -0.3 is 15.0 Å². The molecule has 0 aliphatic carbocycles. The van der Waals surface area contributed by atoms with Crippen LogP contribution >= 0.6 is 0 Å². The van der Waals surface area contributed by atoms with Crippen LogP contribution in [0.2, 0.25) is 0 Å². The van der Waals surface area contributed by atoms with Crippen molar-refractivity contribution in [1.29, 1.82) is 0 Å². The summed E-state index contributed by atoms with van der Waals surface area (Å²) >= 11 is 0. The summed E-state index contributed by atoms with van der Waals surface area (Å²) in [4.78, 5) is 29.0. The van der Waals surface area contributed by atoms with Crippen LogP contribution in [0.25, 0.3) is 0 Å². The van der Waals surface area contributed by atoms with Gasteiger partial charge in [0.2, 0.25) is 17.7 Å². The number of hydrogen-bond acceptors (Lipinski definition) is 7. The summed E-state index contributed by atoms with van der Waals surface area (Å²) < 4.78 is 5.00. The highest BCUT2D eigenvalue weighted by Crippen LogP contribution is 2.12. The van der Waals surface area contributed by atoms with Crippen LogP contribution in [-0.2, 0) is 4.79 Å². The Labute approximate surface area is 140 Å². The molecule has 8 heteroatoms.